The Labute approximate surface area is 199 Å². The van der Waals surface area contributed by atoms with Gasteiger partial charge in [0.25, 0.3) is 0 Å². The summed E-state index contributed by atoms with van der Waals surface area (Å²) in [5.41, 5.74) is 1.50. The molecule has 0 bridgehead atoms. The van der Waals surface area contributed by atoms with Crippen molar-refractivity contribution in [2.45, 2.75) is 112 Å². The van der Waals surface area contributed by atoms with Gasteiger partial charge in [-0.25, -0.2) is 4.79 Å². The highest BCUT2D eigenvalue weighted by molar-refractivity contribution is 5.92. The Balaban J connectivity index is 3.50. The van der Waals surface area contributed by atoms with Crippen molar-refractivity contribution < 1.29 is 19.1 Å². The monoisotopic (exact) mass is 461 g/mol. The molecule has 3 unspecified atom stereocenters. The zero-order chi connectivity index (χ0) is 25.7. The summed E-state index contributed by atoms with van der Waals surface area (Å²) in [4.78, 5) is 41.3. The van der Waals surface area contributed by atoms with E-state index in [2.05, 4.69) is 10.6 Å². The lowest BCUT2D eigenvalue weighted by atomic mass is 9.92. The van der Waals surface area contributed by atoms with Gasteiger partial charge in [-0.05, 0) is 92.3 Å². The average Bonchev–Trinajstić information content (AvgIpc) is 2.63. The second kappa shape index (κ2) is 11.0. The molecule has 0 saturated heterocycles. The highest BCUT2D eigenvalue weighted by atomic mass is 16.6. The topological polar surface area (TPSA) is 87.7 Å². The maximum absolute atomic E-state index is 13.7. The van der Waals surface area contributed by atoms with E-state index in [0.29, 0.717) is 6.42 Å². The Morgan fingerprint density at radius 1 is 1.00 bits per heavy atom. The minimum atomic E-state index is -0.872. The number of nitrogens with zero attached hydrogens (tertiary/aromatic N) is 1. The van der Waals surface area contributed by atoms with Crippen molar-refractivity contribution in [1.82, 2.24) is 15.5 Å². The second-order valence-corrected chi connectivity index (χ2v) is 10.8. The molecule has 1 aromatic rings. The Kier molecular flexibility index (Phi) is 9.52. The summed E-state index contributed by atoms with van der Waals surface area (Å²) < 4.78 is 5.32. The number of aryl methyl sites for hydroxylation is 2. The lowest BCUT2D eigenvalue weighted by molar-refractivity contribution is -0.145. The molecule has 33 heavy (non-hydrogen) atoms. The van der Waals surface area contributed by atoms with Gasteiger partial charge in [0.2, 0.25) is 11.8 Å². The SMILES string of the molecule is CCC(C)N(C(=O)C(C)NC(=O)OC(C)(C)C)C(C(=O)NC(C)(C)C)c1c(C)cccc1C. The zero-order valence-corrected chi connectivity index (χ0v) is 22.3. The number of benzene rings is 1. The van der Waals surface area contributed by atoms with Crippen LogP contribution in [0.2, 0.25) is 0 Å². The van der Waals surface area contributed by atoms with Gasteiger partial charge in [-0.2, -0.15) is 0 Å². The quantitative estimate of drug-likeness (QED) is 0.611. The normalized spacial score (nSPS) is 14.6. The van der Waals surface area contributed by atoms with E-state index >= 15 is 0 Å². The summed E-state index contributed by atoms with van der Waals surface area (Å²) in [6.45, 7) is 20.4. The fourth-order valence-corrected chi connectivity index (χ4v) is 3.66. The van der Waals surface area contributed by atoms with Gasteiger partial charge in [0, 0.05) is 11.6 Å². The van der Waals surface area contributed by atoms with E-state index in [0.717, 1.165) is 16.7 Å². The summed E-state index contributed by atoms with van der Waals surface area (Å²) in [6.07, 6.45) is -0.0232. The van der Waals surface area contributed by atoms with Crippen LogP contribution in [0.4, 0.5) is 4.79 Å². The summed E-state index contributed by atoms with van der Waals surface area (Å²) in [7, 11) is 0. The molecule has 0 aliphatic rings. The maximum atomic E-state index is 13.7. The first kappa shape index (κ1) is 28.5. The van der Waals surface area contributed by atoms with Crippen LogP contribution >= 0.6 is 0 Å². The Bertz CT molecular complexity index is 832. The number of amides is 3. The van der Waals surface area contributed by atoms with Crippen molar-refractivity contribution in [3.05, 3.63) is 34.9 Å². The average molecular weight is 462 g/mol. The number of alkyl carbamates (subject to hydrolysis) is 1. The number of rotatable bonds is 7. The van der Waals surface area contributed by atoms with E-state index in [4.69, 9.17) is 4.74 Å². The minimum absolute atomic E-state index is 0.241. The Hall–Kier alpha value is -2.57. The van der Waals surface area contributed by atoms with Crippen molar-refractivity contribution in [3.63, 3.8) is 0 Å². The van der Waals surface area contributed by atoms with Gasteiger partial charge in [-0.1, -0.05) is 25.1 Å². The van der Waals surface area contributed by atoms with Gasteiger partial charge in [0.05, 0.1) is 0 Å². The van der Waals surface area contributed by atoms with Crippen molar-refractivity contribution in [2.75, 3.05) is 0 Å². The van der Waals surface area contributed by atoms with Crippen LogP contribution in [0.1, 0.15) is 91.5 Å². The van der Waals surface area contributed by atoms with Crippen molar-refractivity contribution in [1.29, 1.82) is 0 Å². The zero-order valence-electron chi connectivity index (χ0n) is 22.3. The summed E-state index contributed by atoms with van der Waals surface area (Å²) >= 11 is 0. The van der Waals surface area contributed by atoms with Crippen molar-refractivity contribution >= 4 is 17.9 Å². The molecule has 0 aromatic heterocycles. The van der Waals surface area contributed by atoms with E-state index in [-0.39, 0.29) is 17.9 Å². The molecule has 1 rings (SSSR count). The first-order valence-electron chi connectivity index (χ1n) is 11.7. The van der Waals surface area contributed by atoms with Gasteiger partial charge in [-0.3, -0.25) is 9.59 Å². The summed E-state index contributed by atoms with van der Waals surface area (Å²) in [6, 6.07) is 3.88. The molecule has 0 aliphatic heterocycles. The van der Waals surface area contributed by atoms with Crippen molar-refractivity contribution in [3.8, 4) is 0 Å². The van der Waals surface area contributed by atoms with Crippen LogP contribution in [0.25, 0.3) is 0 Å². The fourth-order valence-electron chi connectivity index (χ4n) is 3.66. The number of nitrogens with one attached hydrogen (secondary N) is 2. The largest absolute Gasteiger partial charge is 0.444 e. The third kappa shape index (κ3) is 8.37. The highest BCUT2D eigenvalue weighted by Crippen LogP contribution is 2.31. The van der Waals surface area contributed by atoms with E-state index in [1.165, 1.54) is 0 Å². The van der Waals surface area contributed by atoms with Crippen LogP contribution in [-0.2, 0) is 14.3 Å². The highest BCUT2D eigenvalue weighted by Gasteiger charge is 2.39. The predicted octanol–water partition coefficient (Wildman–Crippen LogP) is 4.80. The number of hydrogen-bond acceptors (Lipinski definition) is 4. The van der Waals surface area contributed by atoms with Crippen LogP contribution in [0.3, 0.4) is 0 Å². The molecule has 3 amide bonds. The van der Waals surface area contributed by atoms with Gasteiger partial charge in [0.15, 0.2) is 0 Å². The molecule has 0 fully saturated rings. The molecule has 0 spiro atoms. The fraction of sp³-hybridized carbons (Fsp3) is 0.654. The van der Waals surface area contributed by atoms with Crippen LogP contribution < -0.4 is 10.6 Å². The molecule has 7 nitrogen and oxygen atoms in total. The van der Waals surface area contributed by atoms with Crippen molar-refractivity contribution in [2.24, 2.45) is 0 Å². The molecule has 3 atom stereocenters. The number of carbonyl (C=O) groups excluding carboxylic acids is 3. The Morgan fingerprint density at radius 3 is 1.94 bits per heavy atom. The maximum Gasteiger partial charge on any atom is 0.408 e. The summed E-state index contributed by atoms with van der Waals surface area (Å²) in [5, 5.41) is 5.69. The van der Waals surface area contributed by atoms with Crippen LogP contribution in [-0.4, -0.2) is 46.0 Å². The van der Waals surface area contributed by atoms with Crippen LogP contribution in [0.5, 0.6) is 0 Å². The number of hydrogen-bond donors (Lipinski definition) is 2. The Morgan fingerprint density at radius 2 is 1.52 bits per heavy atom. The smallest absolute Gasteiger partial charge is 0.408 e. The lowest BCUT2D eigenvalue weighted by Gasteiger charge is -2.39. The van der Waals surface area contributed by atoms with Gasteiger partial charge in [0.1, 0.15) is 17.7 Å². The minimum Gasteiger partial charge on any atom is -0.444 e. The third-order valence-electron chi connectivity index (χ3n) is 5.26. The molecular weight excluding hydrogens is 418 g/mol. The molecule has 186 valence electrons. The molecule has 0 saturated carbocycles. The second-order valence-electron chi connectivity index (χ2n) is 10.8. The lowest BCUT2D eigenvalue weighted by Crippen LogP contribution is -2.56. The molecule has 0 aliphatic carbocycles. The van der Waals surface area contributed by atoms with E-state index in [9.17, 15) is 14.4 Å². The molecule has 2 N–H and O–H groups in total. The third-order valence-corrected chi connectivity index (χ3v) is 5.26. The molecule has 7 heteroatoms. The molecule has 1 aromatic carbocycles. The van der Waals surface area contributed by atoms with Crippen LogP contribution in [0.15, 0.2) is 18.2 Å². The molecule has 0 heterocycles. The van der Waals surface area contributed by atoms with E-state index in [1.807, 2.05) is 66.7 Å². The number of carbonyl (C=O) groups is 3. The molecular formula is C26H43N3O4. The first-order chi connectivity index (χ1) is 15.0. The first-order valence-corrected chi connectivity index (χ1v) is 11.7. The van der Waals surface area contributed by atoms with Gasteiger partial charge < -0.3 is 20.3 Å². The van der Waals surface area contributed by atoms with E-state index < -0.39 is 29.3 Å². The van der Waals surface area contributed by atoms with Gasteiger partial charge in [-0.15, -0.1) is 0 Å². The van der Waals surface area contributed by atoms with Gasteiger partial charge >= 0.3 is 6.09 Å². The van der Waals surface area contributed by atoms with E-state index in [1.54, 1.807) is 32.6 Å². The standard InChI is InChI=1S/C26H43N3O4/c1-12-18(4)29(23(31)19(5)27-24(32)33-26(9,10)11)21(22(30)28-25(6,7)8)20-16(2)14-13-15-17(20)3/h13-15,18-19,21H,12H2,1-11H3,(H,27,32)(H,28,30). The molecule has 0 radical (unpaired) electrons. The predicted molar refractivity (Wildman–Crippen MR) is 132 cm³/mol. The summed E-state index contributed by atoms with van der Waals surface area (Å²) in [5.74, 6) is -0.593. The van der Waals surface area contributed by atoms with Crippen LogP contribution in [0, 0.1) is 13.8 Å². The number of ether oxygens (including phenoxy) is 1.